The van der Waals surface area contributed by atoms with E-state index in [1.807, 2.05) is 24.3 Å². The summed E-state index contributed by atoms with van der Waals surface area (Å²) >= 11 is 5.86. The highest BCUT2D eigenvalue weighted by molar-refractivity contribution is 6.33. The Labute approximate surface area is 145 Å². The molecule has 2 rings (SSSR count). The van der Waals surface area contributed by atoms with Gasteiger partial charge < -0.3 is 4.74 Å². The van der Waals surface area contributed by atoms with E-state index in [4.69, 9.17) is 16.3 Å². The van der Waals surface area contributed by atoms with Crippen molar-refractivity contribution in [3.63, 3.8) is 0 Å². The van der Waals surface area contributed by atoms with Gasteiger partial charge >= 0.3 is 0 Å². The number of amides is 1. The molecule has 126 valence electrons. The molecule has 0 atom stereocenters. The molecule has 0 aliphatic carbocycles. The molecule has 0 aromatic heterocycles. The number of para-hydroxylation sites is 1. The number of carbonyl (C=O) groups is 1. The summed E-state index contributed by atoms with van der Waals surface area (Å²) in [7, 11) is 0. The number of ether oxygens (including phenoxy) is 1. The number of carbonyl (C=O) groups excluding carboxylic acids is 1. The van der Waals surface area contributed by atoms with E-state index < -0.39 is 11.7 Å². The molecule has 0 radical (unpaired) electrons. The fourth-order valence-electron chi connectivity index (χ4n) is 2.04. The summed E-state index contributed by atoms with van der Waals surface area (Å²) in [6, 6.07) is 11.5. The molecule has 1 N–H and O–H groups in total. The van der Waals surface area contributed by atoms with E-state index >= 15 is 0 Å². The Morgan fingerprint density at radius 1 is 1.33 bits per heavy atom. The molecule has 2 aromatic carbocycles. The smallest absolute Gasteiger partial charge is 0.277 e. The molecule has 0 saturated carbocycles. The van der Waals surface area contributed by atoms with Crippen molar-refractivity contribution in [1.82, 2.24) is 5.43 Å². The van der Waals surface area contributed by atoms with Gasteiger partial charge in [0.1, 0.15) is 11.6 Å². The lowest BCUT2D eigenvalue weighted by Gasteiger charge is -2.12. The van der Waals surface area contributed by atoms with Crippen LogP contribution in [0, 0.1) is 5.82 Å². The third kappa shape index (κ3) is 5.06. The normalized spacial score (nSPS) is 11.0. The molecular formula is C18H18ClFN2O2. The van der Waals surface area contributed by atoms with Gasteiger partial charge in [0.2, 0.25) is 0 Å². The maximum absolute atomic E-state index is 12.9. The van der Waals surface area contributed by atoms with Crippen LogP contribution in [-0.2, 0) is 4.79 Å². The quantitative estimate of drug-likeness (QED) is 0.630. The Morgan fingerprint density at radius 3 is 2.79 bits per heavy atom. The van der Waals surface area contributed by atoms with E-state index in [9.17, 15) is 9.18 Å². The molecule has 6 heteroatoms. The van der Waals surface area contributed by atoms with Gasteiger partial charge in [-0.3, -0.25) is 4.79 Å². The Bertz CT molecular complexity index is 748. The summed E-state index contributed by atoms with van der Waals surface area (Å²) in [5.41, 5.74) is 3.88. The number of nitrogens with zero attached hydrogens (tertiary/aromatic N) is 1. The molecule has 0 saturated heterocycles. The molecule has 4 nitrogen and oxygen atoms in total. The molecule has 0 heterocycles. The third-order valence-corrected chi connectivity index (χ3v) is 3.58. The van der Waals surface area contributed by atoms with Crippen LogP contribution in [0.3, 0.4) is 0 Å². The SMILES string of the molecule is CC(C)c1ccccc1OCC(=O)N/N=C/c1ccc(F)cc1Cl. The van der Waals surface area contributed by atoms with Gasteiger partial charge in [-0.15, -0.1) is 0 Å². The average Bonchev–Trinajstić information content (AvgIpc) is 2.55. The van der Waals surface area contributed by atoms with Gasteiger partial charge in [0.05, 0.1) is 11.2 Å². The van der Waals surface area contributed by atoms with Gasteiger partial charge in [0.25, 0.3) is 5.91 Å². The second-order valence-electron chi connectivity index (χ2n) is 5.44. The lowest BCUT2D eigenvalue weighted by molar-refractivity contribution is -0.123. The van der Waals surface area contributed by atoms with E-state index in [-0.39, 0.29) is 11.6 Å². The van der Waals surface area contributed by atoms with Crippen molar-refractivity contribution in [3.8, 4) is 5.75 Å². The van der Waals surface area contributed by atoms with Gasteiger partial charge in [0.15, 0.2) is 6.61 Å². The largest absolute Gasteiger partial charge is 0.483 e. The highest BCUT2D eigenvalue weighted by atomic mass is 35.5. The lowest BCUT2D eigenvalue weighted by Crippen LogP contribution is -2.24. The second kappa shape index (κ2) is 8.45. The summed E-state index contributed by atoms with van der Waals surface area (Å²) in [6.45, 7) is 3.95. The molecule has 2 aromatic rings. The van der Waals surface area contributed by atoms with Crippen molar-refractivity contribution < 1.29 is 13.9 Å². The van der Waals surface area contributed by atoms with Crippen LogP contribution >= 0.6 is 11.6 Å². The molecule has 24 heavy (non-hydrogen) atoms. The van der Waals surface area contributed by atoms with Crippen LogP contribution < -0.4 is 10.2 Å². The number of halogens is 2. The van der Waals surface area contributed by atoms with E-state index in [2.05, 4.69) is 24.4 Å². The van der Waals surface area contributed by atoms with Crippen LogP contribution in [0.1, 0.15) is 30.9 Å². The predicted molar refractivity (Wildman–Crippen MR) is 93.2 cm³/mol. The predicted octanol–water partition coefficient (Wildman–Crippen LogP) is 4.13. The first-order valence-electron chi connectivity index (χ1n) is 7.46. The maximum atomic E-state index is 12.9. The van der Waals surface area contributed by atoms with Crippen molar-refractivity contribution >= 4 is 23.7 Å². The fourth-order valence-corrected chi connectivity index (χ4v) is 2.26. The van der Waals surface area contributed by atoms with Crippen molar-refractivity contribution in [2.75, 3.05) is 6.61 Å². The monoisotopic (exact) mass is 348 g/mol. The van der Waals surface area contributed by atoms with Crippen molar-refractivity contribution in [3.05, 3.63) is 64.4 Å². The molecule has 0 spiro atoms. The number of hydrazone groups is 1. The van der Waals surface area contributed by atoms with Crippen molar-refractivity contribution in [2.24, 2.45) is 5.10 Å². The maximum Gasteiger partial charge on any atom is 0.277 e. The van der Waals surface area contributed by atoms with E-state index in [0.29, 0.717) is 17.2 Å². The van der Waals surface area contributed by atoms with Crippen LogP contribution in [-0.4, -0.2) is 18.7 Å². The van der Waals surface area contributed by atoms with Gasteiger partial charge in [-0.2, -0.15) is 5.10 Å². The summed E-state index contributed by atoms with van der Waals surface area (Å²) < 4.78 is 18.5. The molecule has 0 fully saturated rings. The molecular weight excluding hydrogens is 331 g/mol. The Hall–Kier alpha value is -2.40. The third-order valence-electron chi connectivity index (χ3n) is 3.26. The Morgan fingerprint density at radius 2 is 2.08 bits per heavy atom. The van der Waals surface area contributed by atoms with Crippen LogP contribution in [0.4, 0.5) is 4.39 Å². The molecule has 1 amide bonds. The minimum Gasteiger partial charge on any atom is -0.483 e. The first kappa shape index (κ1) is 17.9. The van der Waals surface area contributed by atoms with Crippen LogP contribution in [0.2, 0.25) is 5.02 Å². The Balaban J connectivity index is 1.89. The summed E-state index contributed by atoms with van der Waals surface area (Å²) in [5.74, 6) is 0.137. The second-order valence-corrected chi connectivity index (χ2v) is 5.85. The van der Waals surface area contributed by atoms with Crippen molar-refractivity contribution in [1.29, 1.82) is 0 Å². The van der Waals surface area contributed by atoms with Crippen LogP contribution in [0.5, 0.6) is 5.75 Å². The highest BCUT2D eigenvalue weighted by Crippen LogP contribution is 2.25. The molecule has 0 aliphatic rings. The number of benzene rings is 2. The van der Waals surface area contributed by atoms with Crippen LogP contribution in [0.15, 0.2) is 47.6 Å². The minimum atomic E-state index is -0.432. The average molecular weight is 349 g/mol. The first-order valence-corrected chi connectivity index (χ1v) is 7.84. The zero-order valence-corrected chi connectivity index (χ0v) is 14.2. The highest BCUT2D eigenvalue weighted by Gasteiger charge is 2.08. The van der Waals surface area contributed by atoms with E-state index in [1.165, 1.54) is 24.4 Å². The lowest BCUT2D eigenvalue weighted by atomic mass is 10.0. The molecule has 0 unspecified atom stereocenters. The first-order chi connectivity index (χ1) is 11.5. The summed E-state index contributed by atoms with van der Waals surface area (Å²) in [4.78, 5) is 11.8. The zero-order valence-electron chi connectivity index (χ0n) is 13.4. The fraction of sp³-hybridized carbons (Fsp3) is 0.222. The van der Waals surface area contributed by atoms with E-state index in [0.717, 1.165) is 5.56 Å². The van der Waals surface area contributed by atoms with Gasteiger partial charge in [-0.25, -0.2) is 9.82 Å². The number of hydrogen-bond donors (Lipinski definition) is 1. The van der Waals surface area contributed by atoms with Crippen LogP contribution in [0.25, 0.3) is 0 Å². The van der Waals surface area contributed by atoms with E-state index in [1.54, 1.807) is 0 Å². The standard InChI is InChI=1S/C18H18ClFN2O2/c1-12(2)15-5-3-4-6-17(15)24-11-18(23)22-21-10-13-7-8-14(20)9-16(13)19/h3-10,12H,11H2,1-2H3,(H,22,23)/b21-10+. The number of nitrogens with one attached hydrogen (secondary N) is 1. The van der Waals surface area contributed by atoms with Gasteiger partial charge in [-0.1, -0.05) is 43.6 Å². The number of rotatable bonds is 6. The number of hydrogen-bond acceptors (Lipinski definition) is 3. The summed E-state index contributed by atoms with van der Waals surface area (Å²) in [5, 5.41) is 4.01. The Kier molecular flexibility index (Phi) is 6.32. The zero-order chi connectivity index (χ0) is 17.5. The summed E-state index contributed by atoms with van der Waals surface area (Å²) in [6.07, 6.45) is 1.35. The topological polar surface area (TPSA) is 50.7 Å². The van der Waals surface area contributed by atoms with Crippen molar-refractivity contribution in [2.45, 2.75) is 19.8 Å². The van der Waals surface area contributed by atoms with Gasteiger partial charge in [-0.05, 0) is 35.7 Å². The molecule has 0 bridgehead atoms. The molecule has 0 aliphatic heterocycles. The van der Waals surface area contributed by atoms with Gasteiger partial charge in [0, 0.05) is 5.56 Å². The minimum absolute atomic E-state index is 0.155.